The molecular weight excluding hydrogens is 608 g/mol. The van der Waals surface area contributed by atoms with Crippen molar-refractivity contribution < 1.29 is 38.2 Å². The average Bonchev–Trinajstić information content (AvgIpc) is 3.05. The minimum absolute atomic E-state index is 0.00553. The number of rotatable bonds is 17. The molecule has 0 saturated heterocycles. The lowest BCUT2D eigenvalue weighted by Crippen LogP contribution is -2.60. The molecule has 14 nitrogen and oxygen atoms in total. The maximum absolute atomic E-state index is 13.7. The highest BCUT2D eigenvalue weighted by Crippen LogP contribution is 2.25. The van der Waals surface area contributed by atoms with E-state index in [9.17, 15) is 24.0 Å². The molecule has 0 bridgehead atoms. The summed E-state index contributed by atoms with van der Waals surface area (Å²) in [6.45, 7) is 7.24. The molecule has 4 amide bonds. The summed E-state index contributed by atoms with van der Waals surface area (Å²) in [7, 11) is 2.44. The predicted octanol–water partition coefficient (Wildman–Crippen LogP) is 2.26. The van der Waals surface area contributed by atoms with Crippen molar-refractivity contribution in [3.05, 3.63) is 35.9 Å². The highest BCUT2D eigenvalue weighted by Gasteiger charge is 2.35. The number of carbonyl (C=O) groups is 5. The molecule has 0 spiro atoms. The number of nitrogens with one attached hydrogen (secondary N) is 4. The van der Waals surface area contributed by atoms with Gasteiger partial charge in [0.25, 0.3) is 5.91 Å². The Morgan fingerprint density at radius 3 is 1.89 bits per heavy atom. The van der Waals surface area contributed by atoms with Crippen LogP contribution in [-0.2, 0) is 35.0 Å². The van der Waals surface area contributed by atoms with Crippen LogP contribution in [0.5, 0.6) is 0 Å². The standard InChI is InChI=1S/C33H54N6O8/c1-21(2)28(36-32(43)45-5)30(41)35-25(17-23-13-9-7-10-14-23)26(47-27(40)18-34)20-39(19-24-15-11-8-12-16-24)38-31(42)29(22(3)4)37-33(44)46-6/h7,9-10,13-14,21-22,24-26,28-29H,8,11-12,15-20,34H2,1-6H3,(H,35,41)(H,36,43)(H,37,44)(H,38,42)/t25?,26?,28-,29-/m0/s1. The van der Waals surface area contributed by atoms with Gasteiger partial charge in [-0.3, -0.25) is 19.8 Å². The van der Waals surface area contributed by atoms with Crippen LogP contribution in [0, 0.1) is 17.8 Å². The van der Waals surface area contributed by atoms with E-state index in [2.05, 4.69) is 21.4 Å². The lowest BCUT2D eigenvalue weighted by Gasteiger charge is -2.36. The summed E-state index contributed by atoms with van der Waals surface area (Å²) >= 11 is 0. The Morgan fingerprint density at radius 1 is 0.830 bits per heavy atom. The summed E-state index contributed by atoms with van der Waals surface area (Å²) in [5, 5.41) is 9.88. The summed E-state index contributed by atoms with van der Waals surface area (Å²) in [6, 6.07) is 6.73. The molecular formula is C33H54N6O8. The van der Waals surface area contributed by atoms with Gasteiger partial charge in [-0.05, 0) is 42.6 Å². The number of esters is 1. The molecule has 6 N–H and O–H groups in total. The van der Waals surface area contributed by atoms with E-state index in [0.29, 0.717) is 6.54 Å². The van der Waals surface area contributed by atoms with Gasteiger partial charge in [0.1, 0.15) is 18.2 Å². The molecule has 1 aromatic rings. The summed E-state index contributed by atoms with van der Waals surface area (Å²) in [6.07, 6.45) is 2.99. The number of nitrogens with two attached hydrogens (primary N) is 1. The van der Waals surface area contributed by atoms with Gasteiger partial charge in [-0.2, -0.15) is 0 Å². The fourth-order valence-corrected chi connectivity index (χ4v) is 5.61. The molecule has 47 heavy (non-hydrogen) atoms. The molecule has 2 rings (SSSR count). The minimum Gasteiger partial charge on any atom is -0.458 e. The van der Waals surface area contributed by atoms with Crippen LogP contribution in [0.15, 0.2) is 30.3 Å². The fraction of sp³-hybridized carbons (Fsp3) is 0.667. The maximum Gasteiger partial charge on any atom is 0.407 e. The summed E-state index contributed by atoms with van der Waals surface area (Å²) in [4.78, 5) is 64.2. The second-order valence-electron chi connectivity index (χ2n) is 12.6. The third-order valence-corrected chi connectivity index (χ3v) is 8.21. The van der Waals surface area contributed by atoms with Gasteiger partial charge in [-0.25, -0.2) is 14.6 Å². The third kappa shape index (κ3) is 13.8. The summed E-state index contributed by atoms with van der Waals surface area (Å²) in [5.74, 6) is -1.95. The van der Waals surface area contributed by atoms with Crippen molar-refractivity contribution in [2.45, 2.75) is 90.4 Å². The fourth-order valence-electron chi connectivity index (χ4n) is 5.61. The Labute approximate surface area is 278 Å². The van der Waals surface area contributed by atoms with Gasteiger partial charge in [-0.15, -0.1) is 0 Å². The first kappa shape index (κ1) is 39.3. The van der Waals surface area contributed by atoms with Crippen LogP contribution in [0.1, 0.15) is 65.4 Å². The molecule has 1 fully saturated rings. The van der Waals surface area contributed by atoms with Crippen molar-refractivity contribution in [3.63, 3.8) is 0 Å². The van der Waals surface area contributed by atoms with Crippen molar-refractivity contribution >= 4 is 30.0 Å². The minimum atomic E-state index is -0.976. The number of carbonyl (C=O) groups excluding carboxylic acids is 5. The molecule has 0 heterocycles. The number of hydrogen-bond donors (Lipinski definition) is 5. The molecule has 1 aliphatic rings. The van der Waals surface area contributed by atoms with Crippen molar-refractivity contribution in [1.29, 1.82) is 0 Å². The van der Waals surface area contributed by atoms with E-state index in [1.165, 1.54) is 14.2 Å². The van der Waals surface area contributed by atoms with Gasteiger partial charge in [0, 0.05) is 6.54 Å². The highest BCUT2D eigenvalue weighted by atomic mass is 16.5. The predicted molar refractivity (Wildman–Crippen MR) is 176 cm³/mol. The number of ether oxygens (including phenoxy) is 3. The van der Waals surface area contributed by atoms with Gasteiger partial charge in [0.2, 0.25) is 5.91 Å². The SMILES string of the molecule is COC(=O)N[C@H](C(=O)NC(Cc1ccccc1)C(CN(CC1CCCCC1)NC(=O)[C@@H](NC(=O)OC)C(C)C)OC(=O)CN)C(C)C. The molecule has 0 aromatic heterocycles. The van der Waals surface area contributed by atoms with Crippen LogP contribution < -0.4 is 27.1 Å². The van der Waals surface area contributed by atoms with E-state index in [0.717, 1.165) is 37.7 Å². The molecule has 4 atom stereocenters. The van der Waals surface area contributed by atoms with E-state index < -0.39 is 60.7 Å². The van der Waals surface area contributed by atoms with Gasteiger partial charge in [0.15, 0.2) is 0 Å². The normalized spacial score (nSPS) is 16.0. The molecule has 0 radical (unpaired) electrons. The summed E-state index contributed by atoms with van der Waals surface area (Å²) in [5.41, 5.74) is 9.49. The number of hydrogen-bond acceptors (Lipinski definition) is 10. The van der Waals surface area contributed by atoms with Crippen molar-refractivity contribution in [2.75, 3.05) is 33.9 Å². The number of alkyl carbamates (subject to hydrolysis) is 2. The van der Waals surface area contributed by atoms with Gasteiger partial charge < -0.3 is 35.9 Å². The number of methoxy groups -OCH3 is 2. The van der Waals surface area contributed by atoms with Crippen LogP contribution in [0.3, 0.4) is 0 Å². The number of amides is 4. The zero-order valence-electron chi connectivity index (χ0n) is 28.6. The topological polar surface area (TPSA) is 190 Å². The molecule has 1 aliphatic carbocycles. The second-order valence-corrected chi connectivity index (χ2v) is 12.6. The second kappa shape index (κ2) is 20.4. The van der Waals surface area contributed by atoms with Crippen molar-refractivity contribution in [2.24, 2.45) is 23.5 Å². The average molecular weight is 663 g/mol. The molecule has 1 aromatic carbocycles. The molecule has 0 aliphatic heterocycles. The molecule has 2 unspecified atom stereocenters. The lowest BCUT2D eigenvalue weighted by molar-refractivity contribution is -0.152. The Hall–Kier alpha value is -3.91. The Morgan fingerprint density at radius 2 is 1.38 bits per heavy atom. The number of hydrazine groups is 1. The van der Waals surface area contributed by atoms with Crippen molar-refractivity contribution in [3.8, 4) is 0 Å². The quantitative estimate of drug-likeness (QED) is 0.0940. The van der Waals surface area contributed by atoms with Gasteiger partial charge in [0.05, 0.1) is 33.4 Å². The highest BCUT2D eigenvalue weighted by molar-refractivity contribution is 5.86. The first-order chi connectivity index (χ1) is 22.4. The first-order valence-corrected chi connectivity index (χ1v) is 16.4. The van der Waals surface area contributed by atoms with E-state index in [-0.39, 0.29) is 30.7 Å². The molecule has 14 heteroatoms. The van der Waals surface area contributed by atoms with E-state index >= 15 is 0 Å². The largest absolute Gasteiger partial charge is 0.458 e. The van der Waals surface area contributed by atoms with Crippen molar-refractivity contribution in [1.82, 2.24) is 26.4 Å². The molecule has 264 valence electrons. The van der Waals surface area contributed by atoms with Crippen LogP contribution in [-0.4, -0.2) is 93.1 Å². The van der Waals surface area contributed by atoms with Crippen LogP contribution in [0.2, 0.25) is 0 Å². The number of nitrogens with zero attached hydrogens (tertiary/aromatic N) is 1. The van der Waals surface area contributed by atoms with E-state index in [1.807, 2.05) is 30.3 Å². The smallest absolute Gasteiger partial charge is 0.407 e. The lowest BCUT2D eigenvalue weighted by atomic mass is 9.89. The van der Waals surface area contributed by atoms with Crippen LogP contribution in [0.25, 0.3) is 0 Å². The Kier molecular flexibility index (Phi) is 17.0. The van der Waals surface area contributed by atoms with E-state index in [1.54, 1.807) is 32.7 Å². The first-order valence-electron chi connectivity index (χ1n) is 16.4. The Balaban J connectivity index is 2.50. The van der Waals surface area contributed by atoms with E-state index in [4.69, 9.17) is 19.9 Å². The summed E-state index contributed by atoms with van der Waals surface area (Å²) < 4.78 is 15.4. The monoisotopic (exact) mass is 662 g/mol. The van der Waals surface area contributed by atoms with Crippen LogP contribution >= 0.6 is 0 Å². The zero-order chi connectivity index (χ0) is 34.9. The maximum atomic E-state index is 13.7. The molecule has 1 saturated carbocycles. The van der Waals surface area contributed by atoms with Gasteiger partial charge >= 0.3 is 18.2 Å². The third-order valence-electron chi connectivity index (χ3n) is 8.21. The zero-order valence-corrected chi connectivity index (χ0v) is 28.6. The van der Waals surface area contributed by atoms with Crippen LogP contribution in [0.4, 0.5) is 9.59 Å². The Bertz CT molecular complexity index is 1150. The van der Waals surface area contributed by atoms with Gasteiger partial charge in [-0.1, -0.05) is 77.3 Å². The number of benzene rings is 1.